The second-order valence-corrected chi connectivity index (χ2v) is 10.7. The maximum Gasteiger partial charge on any atom is 0.231 e. The van der Waals surface area contributed by atoms with Crippen LogP contribution in [0.5, 0.6) is 0 Å². The molecule has 0 bridgehead atoms. The van der Waals surface area contributed by atoms with Gasteiger partial charge in [-0.3, -0.25) is 0 Å². The standard InChI is InChI=1S/C23H27ClN8O2S/c1-4-35(33,34)31-9-7-18(8-10-31)29-23-27-14-20(26-3)22(30-23)17-13-28-32(15-17)21-6-5-16(12-25-2)11-19(21)24/h5-6,11,13-15,18,25H,4,7-10,12H2,1-2H3,(H,27,29,30)/i2D3. The van der Waals surface area contributed by atoms with Crippen LogP contribution < -0.4 is 10.6 Å². The third kappa shape index (κ3) is 5.62. The van der Waals surface area contributed by atoms with E-state index in [9.17, 15) is 8.42 Å². The lowest BCUT2D eigenvalue weighted by Crippen LogP contribution is -2.43. The van der Waals surface area contributed by atoms with Crippen molar-refractivity contribution in [2.75, 3.05) is 31.1 Å². The lowest BCUT2D eigenvalue weighted by atomic mass is 10.1. The van der Waals surface area contributed by atoms with E-state index in [0.29, 0.717) is 59.4 Å². The van der Waals surface area contributed by atoms with E-state index in [4.69, 9.17) is 22.3 Å². The van der Waals surface area contributed by atoms with Crippen molar-refractivity contribution in [2.45, 2.75) is 32.4 Å². The Morgan fingerprint density at radius 3 is 2.80 bits per heavy atom. The molecular weight excluding hydrogens is 488 g/mol. The number of hydrogen-bond donors (Lipinski definition) is 2. The quantitative estimate of drug-likeness (QED) is 0.440. The zero-order chi connectivity index (χ0) is 27.5. The Morgan fingerprint density at radius 2 is 2.11 bits per heavy atom. The molecule has 0 radical (unpaired) electrons. The Morgan fingerprint density at radius 1 is 1.31 bits per heavy atom. The van der Waals surface area contributed by atoms with Gasteiger partial charge in [0.25, 0.3) is 0 Å². The van der Waals surface area contributed by atoms with Crippen molar-refractivity contribution in [1.82, 2.24) is 29.4 Å². The van der Waals surface area contributed by atoms with E-state index in [2.05, 4.69) is 30.5 Å². The molecule has 3 heterocycles. The van der Waals surface area contributed by atoms with Gasteiger partial charge in [-0.25, -0.2) is 32.2 Å². The molecule has 4 rings (SSSR count). The molecule has 1 aromatic carbocycles. The Kier molecular flexibility index (Phi) is 6.50. The summed E-state index contributed by atoms with van der Waals surface area (Å²) in [5, 5.41) is 10.5. The fourth-order valence-electron chi connectivity index (χ4n) is 3.91. The van der Waals surface area contributed by atoms with Crippen molar-refractivity contribution in [3.8, 4) is 16.9 Å². The average Bonchev–Trinajstić information content (AvgIpc) is 3.37. The minimum absolute atomic E-state index is 0.00444. The summed E-state index contributed by atoms with van der Waals surface area (Å²) >= 11 is 6.45. The van der Waals surface area contributed by atoms with Crippen molar-refractivity contribution < 1.29 is 12.5 Å². The summed E-state index contributed by atoms with van der Waals surface area (Å²) in [4.78, 5) is 12.4. The number of hydrogen-bond acceptors (Lipinski definition) is 7. The van der Waals surface area contributed by atoms with Gasteiger partial charge in [0.2, 0.25) is 21.7 Å². The van der Waals surface area contributed by atoms with Crippen LogP contribution in [0, 0.1) is 6.57 Å². The molecule has 10 nitrogen and oxygen atoms in total. The Labute approximate surface area is 214 Å². The number of rotatable bonds is 8. The minimum atomic E-state index is -3.21. The SMILES string of the molecule is [2H]C([2H])([2H])NCc1ccc(-n2cc(-c3nc(NC4CCN(S(=O)(=O)CC)CC4)ncc3[N+]#[C-])cn2)c(Cl)c1. The first kappa shape index (κ1) is 21.3. The van der Waals surface area contributed by atoms with Gasteiger partial charge in [0.05, 0.1) is 34.9 Å². The third-order valence-corrected chi connectivity index (χ3v) is 8.03. The predicted octanol–water partition coefficient (Wildman–Crippen LogP) is 3.48. The van der Waals surface area contributed by atoms with Gasteiger partial charge < -0.3 is 10.6 Å². The molecule has 184 valence electrons. The van der Waals surface area contributed by atoms with E-state index in [1.165, 1.54) is 10.5 Å². The first-order valence-electron chi connectivity index (χ1n) is 12.6. The highest BCUT2D eigenvalue weighted by Crippen LogP contribution is 2.31. The molecule has 0 aliphatic carbocycles. The number of sulfonamides is 1. The Bertz CT molecular complexity index is 1450. The maximum atomic E-state index is 12.1. The number of halogens is 1. The molecule has 35 heavy (non-hydrogen) atoms. The van der Waals surface area contributed by atoms with Crippen LogP contribution in [0.25, 0.3) is 21.8 Å². The van der Waals surface area contributed by atoms with Crippen molar-refractivity contribution in [3.63, 3.8) is 0 Å². The molecule has 0 unspecified atom stereocenters. The van der Waals surface area contributed by atoms with Gasteiger partial charge in [-0.15, -0.1) is 0 Å². The Balaban J connectivity index is 1.50. The van der Waals surface area contributed by atoms with Gasteiger partial charge >= 0.3 is 0 Å². The summed E-state index contributed by atoms with van der Waals surface area (Å²) in [6.07, 6.45) is 5.98. The molecule has 1 aliphatic rings. The van der Waals surface area contributed by atoms with Crippen LogP contribution in [0.3, 0.4) is 0 Å². The van der Waals surface area contributed by atoms with Crippen LogP contribution >= 0.6 is 11.6 Å². The molecular formula is C23H27ClN8O2S. The fourth-order valence-corrected chi connectivity index (χ4v) is 5.33. The minimum Gasteiger partial charge on any atom is -0.351 e. The number of aromatic nitrogens is 4. The lowest BCUT2D eigenvalue weighted by Gasteiger charge is -2.31. The predicted molar refractivity (Wildman–Crippen MR) is 136 cm³/mol. The molecule has 3 aromatic rings. The van der Waals surface area contributed by atoms with Gasteiger partial charge in [0.1, 0.15) is 0 Å². The summed E-state index contributed by atoms with van der Waals surface area (Å²) in [5.74, 6) is 0.432. The number of nitrogens with zero attached hydrogens (tertiary/aromatic N) is 6. The zero-order valence-electron chi connectivity index (χ0n) is 22.1. The van der Waals surface area contributed by atoms with Gasteiger partial charge in [-0.05, 0) is 44.4 Å². The topological polar surface area (TPSA) is 109 Å². The van der Waals surface area contributed by atoms with E-state index in [0.717, 1.165) is 0 Å². The van der Waals surface area contributed by atoms with Crippen LogP contribution in [0.1, 0.15) is 29.4 Å². The lowest BCUT2D eigenvalue weighted by molar-refractivity contribution is 0.329. The summed E-state index contributed by atoms with van der Waals surface area (Å²) < 4.78 is 49.1. The summed E-state index contributed by atoms with van der Waals surface area (Å²) in [6.45, 7) is 7.92. The maximum absolute atomic E-state index is 12.1. The van der Waals surface area contributed by atoms with Crippen molar-refractivity contribution in [3.05, 3.63) is 58.8 Å². The second kappa shape index (κ2) is 10.7. The zero-order valence-corrected chi connectivity index (χ0v) is 20.6. The van der Waals surface area contributed by atoms with E-state index >= 15 is 0 Å². The van der Waals surface area contributed by atoms with Crippen LogP contribution in [0.4, 0.5) is 11.6 Å². The number of nitrogens with one attached hydrogen (secondary N) is 2. The van der Waals surface area contributed by atoms with Gasteiger partial charge in [0, 0.05) is 47.7 Å². The largest absolute Gasteiger partial charge is 0.351 e. The average molecular weight is 518 g/mol. The highest BCUT2D eigenvalue weighted by Gasteiger charge is 2.27. The molecule has 0 atom stereocenters. The van der Waals surface area contributed by atoms with E-state index in [1.54, 1.807) is 42.2 Å². The summed E-state index contributed by atoms with van der Waals surface area (Å²) in [7, 11) is -3.21. The molecule has 0 amide bonds. The number of anilines is 1. The van der Waals surface area contributed by atoms with Crippen molar-refractivity contribution in [2.24, 2.45) is 0 Å². The van der Waals surface area contributed by atoms with Crippen molar-refractivity contribution >= 4 is 33.3 Å². The van der Waals surface area contributed by atoms with Crippen molar-refractivity contribution in [1.29, 1.82) is 0 Å². The van der Waals surface area contributed by atoms with Gasteiger partial charge in [-0.2, -0.15) is 5.10 Å². The molecule has 12 heteroatoms. The van der Waals surface area contributed by atoms with E-state index < -0.39 is 17.0 Å². The molecule has 1 aliphatic heterocycles. The van der Waals surface area contributed by atoms with Crippen LogP contribution in [-0.2, 0) is 16.6 Å². The highest BCUT2D eigenvalue weighted by atomic mass is 35.5. The van der Waals surface area contributed by atoms with E-state index in [-0.39, 0.29) is 24.0 Å². The summed E-state index contributed by atoms with van der Waals surface area (Å²) in [5.41, 5.74) is 2.55. The number of piperidine rings is 1. The van der Waals surface area contributed by atoms with E-state index in [1.807, 2.05) is 0 Å². The first-order valence-corrected chi connectivity index (χ1v) is 13.1. The van der Waals surface area contributed by atoms with Gasteiger partial charge in [0.15, 0.2) is 0 Å². The molecule has 2 aromatic heterocycles. The smallest absolute Gasteiger partial charge is 0.231 e. The monoisotopic (exact) mass is 517 g/mol. The molecule has 1 saturated heterocycles. The number of benzene rings is 1. The fraction of sp³-hybridized carbons (Fsp3) is 0.391. The normalized spacial score (nSPS) is 16.8. The van der Waals surface area contributed by atoms with Crippen LogP contribution in [-0.4, -0.2) is 64.3 Å². The Hall–Kier alpha value is -3.04. The molecule has 0 spiro atoms. The second-order valence-electron chi connectivity index (χ2n) is 8.07. The molecule has 2 N–H and O–H groups in total. The third-order valence-electron chi connectivity index (χ3n) is 5.84. The van der Waals surface area contributed by atoms with Crippen LogP contribution in [0.15, 0.2) is 36.8 Å². The van der Waals surface area contributed by atoms with Crippen LogP contribution in [0.2, 0.25) is 5.02 Å². The summed E-state index contributed by atoms with van der Waals surface area (Å²) in [6, 6.07) is 5.18. The molecule has 1 fully saturated rings. The molecule has 0 saturated carbocycles. The first-order chi connectivity index (χ1) is 18.0. The van der Waals surface area contributed by atoms with Gasteiger partial charge in [-0.1, -0.05) is 17.7 Å². The highest BCUT2D eigenvalue weighted by molar-refractivity contribution is 7.89.